The Hall–Kier alpha value is -1.71. The number of hydrogen-bond acceptors (Lipinski definition) is 2. The van der Waals surface area contributed by atoms with E-state index in [4.69, 9.17) is 0 Å². The van der Waals surface area contributed by atoms with Crippen LogP contribution in [0.3, 0.4) is 0 Å². The minimum absolute atomic E-state index is 0.0666. The van der Waals surface area contributed by atoms with Crippen molar-refractivity contribution in [3.63, 3.8) is 0 Å². The van der Waals surface area contributed by atoms with Crippen LogP contribution in [0.25, 0.3) is 0 Å². The van der Waals surface area contributed by atoms with Crippen LogP contribution in [-0.4, -0.2) is 23.7 Å². The van der Waals surface area contributed by atoms with Crippen molar-refractivity contribution in [1.82, 2.24) is 5.32 Å². The number of phenolic OH excluding ortho intramolecular Hbond substituents is 1. The van der Waals surface area contributed by atoms with Gasteiger partial charge in [-0.2, -0.15) is 0 Å². The molecule has 2 rings (SSSR count). The molecule has 0 aromatic heterocycles. The molecule has 1 aromatic carbocycles. The van der Waals surface area contributed by atoms with Crippen molar-refractivity contribution in [3.05, 3.63) is 23.8 Å². The van der Waals surface area contributed by atoms with Crippen LogP contribution in [0.4, 0.5) is 10.5 Å². The summed E-state index contributed by atoms with van der Waals surface area (Å²) in [4.78, 5) is 14.0. The normalized spacial score (nSPS) is 15.5. The molecule has 1 aromatic rings. The van der Waals surface area contributed by atoms with E-state index < -0.39 is 0 Å². The molecule has 1 saturated carbocycles. The fraction of sp³-hybridized carbons (Fsp3) is 0.533. The highest BCUT2D eigenvalue weighted by Gasteiger charge is 2.22. The summed E-state index contributed by atoms with van der Waals surface area (Å²) in [5.74, 6) is 0.188. The molecule has 0 unspecified atom stereocenters. The summed E-state index contributed by atoms with van der Waals surface area (Å²) >= 11 is 0. The molecule has 1 fully saturated rings. The van der Waals surface area contributed by atoms with Crippen LogP contribution < -0.4 is 10.2 Å². The number of aromatic hydroxyl groups is 1. The van der Waals surface area contributed by atoms with E-state index in [0.29, 0.717) is 12.6 Å². The molecule has 4 nitrogen and oxygen atoms in total. The van der Waals surface area contributed by atoms with Crippen molar-refractivity contribution in [2.75, 3.05) is 11.4 Å². The number of nitrogens with one attached hydrogen (secondary N) is 1. The molecule has 0 spiro atoms. The van der Waals surface area contributed by atoms with Gasteiger partial charge in [-0.1, -0.05) is 18.9 Å². The summed E-state index contributed by atoms with van der Waals surface area (Å²) < 4.78 is 0. The summed E-state index contributed by atoms with van der Waals surface area (Å²) in [6, 6.07) is 5.35. The Morgan fingerprint density at radius 1 is 1.42 bits per heavy atom. The maximum atomic E-state index is 12.3. The first kappa shape index (κ1) is 13.7. The Morgan fingerprint density at radius 2 is 2.11 bits per heavy atom. The fourth-order valence-electron chi connectivity index (χ4n) is 2.63. The summed E-state index contributed by atoms with van der Waals surface area (Å²) in [5, 5.41) is 12.7. The summed E-state index contributed by atoms with van der Waals surface area (Å²) in [6.45, 7) is 4.47. The van der Waals surface area contributed by atoms with Crippen LogP contribution in [0.5, 0.6) is 5.75 Å². The number of carbonyl (C=O) groups excluding carboxylic acids is 1. The Bertz CT molecular complexity index is 453. The van der Waals surface area contributed by atoms with Crippen molar-refractivity contribution in [2.45, 2.75) is 45.6 Å². The molecule has 19 heavy (non-hydrogen) atoms. The smallest absolute Gasteiger partial charge is 0.322 e. The molecule has 0 heterocycles. The standard InChI is InChI=1S/C15H22N2O2/c1-3-17(14-10-13(18)9-8-11(14)2)15(19)16-12-6-4-5-7-12/h8-10,12,18H,3-7H2,1-2H3,(H,16,19). The average Bonchev–Trinajstić information content (AvgIpc) is 2.87. The number of urea groups is 1. The van der Waals surface area contributed by atoms with Crippen molar-refractivity contribution >= 4 is 11.7 Å². The Labute approximate surface area is 114 Å². The third-order valence-electron chi connectivity index (χ3n) is 3.73. The zero-order valence-corrected chi connectivity index (χ0v) is 11.6. The lowest BCUT2D eigenvalue weighted by Crippen LogP contribution is -2.44. The van der Waals surface area contributed by atoms with Gasteiger partial charge in [0.05, 0.1) is 5.69 Å². The molecule has 0 atom stereocenters. The predicted molar refractivity (Wildman–Crippen MR) is 76.7 cm³/mol. The average molecular weight is 262 g/mol. The molecule has 4 heteroatoms. The third kappa shape index (κ3) is 3.19. The molecule has 0 bridgehead atoms. The van der Waals surface area contributed by atoms with Gasteiger partial charge in [0.15, 0.2) is 0 Å². The molecule has 0 aliphatic heterocycles. The van der Waals surface area contributed by atoms with Gasteiger partial charge in [-0.15, -0.1) is 0 Å². The molecule has 0 saturated heterocycles. The quantitative estimate of drug-likeness (QED) is 0.879. The third-order valence-corrected chi connectivity index (χ3v) is 3.73. The molecular weight excluding hydrogens is 240 g/mol. The highest BCUT2D eigenvalue weighted by Crippen LogP contribution is 2.25. The number of rotatable bonds is 3. The first-order chi connectivity index (χ1) is 9.11. The number of hydrogen-bond donors (Lipinski definition) is 2. The van der Waals surface area contributed by atoms with Gasteiger partial charge in [0, 0.05) is 18.7 Å². The zero-order chi connectivity index (χ0) is 13.8. The Morgan fingerprint density at radius 3 is 2.74 bits per heavy atom. The molecule has 2 amide bonds. The van der Waals surface area contributed by atoms with Crippen molar-refractivity contribution in [3.8, 4) is 5.75 Å². The molecule has 104 valence electrons. The lowest BCUT2D eigenvalue weighted by molar-refractivity contribution is 0.243. The molecule has 2 N–H and O–H groups in total. The first-order valence-electron chi connectivity index (χ1n) is 6.99. The number of carbonyl (C=O) groups is 1. The fourth-order valence-corrected chi connectivity index (χ4v) is 2.63. The van der Waals surface area contributed by atoms with Crippen molar-refractivity contribution in [2.24, 2.45) is 0 Å². The van der Waals surface area contributed by atoms with E-state index >= 15 is 0 Å². The van der Waals surface area contributed by atoms with Crippen LogP contribution >= 0.6 is 0 Å². The number of amides is 2. The second-order valence-electron chi connectivity index (χ2n) is 5.15. The number of nitrogens with zero attached hydrogens (tertiary/aromatic N) is 1. The van der Waals surface area contributed by atoms with Crippen molar-refractivity contribution < 1.29 is 9.90 Å². The molecule has 1 aliphatic carbocycles. The van der Waals surface area contributed by atoms with E-state index in [-0.39, 0.29) is 11.8 Å². The SMILES string of the molecule is CCN(C(=O)NC1CCCC1)c1cc(O)ccc1C. The number of benzene rings is 1. The second kappa shape index (κ2) is 5.95. The van der Waals surface area contributed by atoms with Gasteiger partial charge in [0.25, 0.3) is 0 Å². The number of anilines is 1. The summed E-state index contributed by atoms with van der Waals surface area (Å²) in [6.07, 6.45) is 4.54. The lowest BCUT2D eigenvalue weighted by atomic mass is 10.1. The maximum Gasteiger partial charge on any atom is 0.322 e. The van der Waals surface area contributed by atoms with E-state index in [1.807, 2.05) is 19.9 Å². The van der Waals surface area contributed by atoms with Gasteiger partial charge in [0.2, 0.25) is 0 Å². The monoisotopic (exact) mass is 262 g/mol. The predicted octanol–water partition coefficient (Wildman–Crippen LogP) is 3.18. The molecule has 0 radical (unpaired) electrons. The van der Waals surface area contributed by atoms with Gasteiger partial charge >= 0.3 is 6.03 Å². The maximum absolute atomic E-state index is 12.3. The van der Waals surface area contributed by atoms with Crippen LogP contribution in [0, 0.1) is 6.92 Å². The number of phenols is 1. The van der Waals surface area contributed by atoms with Crippen LogP contribution in [-0.2, 0) is 0 Å². The zero-order valence-electron chi connectivity index (χ0n) is 11.6. The largest absolute Gasteiger partial charge is 0.508 e. The topological polar surface area (TPSA) is 52.6 Å². The van der Waals surface area contributed by atoms with Gasteiger partial charge in [0.1, 0.15) is 5.75 Å². The summed E-state index contributed by atoms with van der Waals surface area (Å²) in [7, 11) is 0. The molecular formula is C15H22N2O2. The summed E-state index contributed by atoms with van der Waals surface area (Å²) in [5.41, 5.74) is 1.76. The van der Waals surface area contributed by atoms with Crippen LogP contribution in [0.2, 0.25) is 0 Å². The lowest BCUT2D eigenvalue weighted by Gasteiger charge is -2.25. The minimum atomic E-state index is -0.0666. The highest BCUT2D eigenvalue weighted by atomic mass is 16.3. The Balaban J connectivity index is 2.13. The van der Waals surface area contributed by atoms with Crippen LogP contribution in [0.1, 0.15) is 38.2 Å². The first-order valence-corrected chi connectivity index (χ1v) is 6.99. The van der Waals surface area contributed by atoms with Gasteiger partial charge in [-0.05, 0) is 38.3 Å². The number of aryl methyl sites for hydroxylation is 1. The van der Waals surface area contributed by atoms with Gasteiger partial charge in [-0.3, -0.25) is 4.90 Å². The van der Waals surface area contributed by atoms with Gasteiger partial charge in [-0.25, -0.2) is 4.79 Å². The second-order valence-corrected chi connectivity index (χ2v) is 5.15. The van der Waals surface area contributed by atoms with E-state index in [0.717, 1.165) is 24.1 Å². The van der Waals surface area contributed by atoms with E-state index in [2.05, 4.69) is 5.32 Å². The van der Waals surface area contributed by atoms with E-state index in [9.17, 15) is 9.90 Å². The van der Waals surface area contributed by atoms with Gasteiger partial charge < -0.3 is 10.4 Å². The molecule has 1 aliphatic rings. The van der Waals surface area contributed by atoms with Crippen molar-refractivity contribution in [1.29, 1.82) is 0 Å². The minimum Gasteiger partial charge on any atom is -0.508 e. The van der Waals surface area contributed by atoms with E-state index in [1.165, 1.54) is 12.8 Å². The van der Waals surface area contributed by atoms with E-state index in [1.54, 1.807) is 17.0 Å². The van der Waals surface area contributed by atoms with Crippen LogP contribution in [0.15, 0.2) is 18.2 Å². The Kier molecular flexibility index (Phi) is 4.30. The highest BCUT2D eigenvalue weighted by molar-refractivity contribution is 5.93.